The normalized spacial score (nSPS) is 17.2. The van der Waals surface area contributed by atoms with Crippen LogP contribution in [0.2, 0.25) is 0 Å². The molecule has 0 aromatic heterocycles. The number of hydrogen-bond donors (Lipinski definition) is 2. The van der Waals surface area contributed by atoms with E-state index in [1.807, 2.05) is 19.2 Å². The smallest absolute Gasteiger partial charge is 0.123 e. The average Bonchev–Trinajstić information content (AvgIpc) is 2.39. The summed E-state index contributed by atoms with van der Waals surface area (Å²) in [6.45, 7) is 1.94. The van der Waals surface area contributed by atoms with Crippen molar-refractivity contribution in [2.45, 2.75) is 37.8 Å². The van der Waals surface area contributed by atoms with Gasteiger partial charge in [0.1, 0.15) is 5.82 Å². The van der Waals surface area contributed by atoms with Gasteiger partial charge in [-0.05, 0) is 44.0 Å². The van der Waals surface area contributed by atoms with E-state index in [1.165, 1.54) is 31.4 Å². The molecule has 0 saturated heterocycles. The van der Waals surface area contributed by atoms with E-state index in [1.54, 1.807) is 0 Å². The standard InChI is InChI=1S/C16H25FN2O/c1-18-16(13-5-7-14(17)8-6-13)9-10-19(11-12-20)15-3-2-4-15/h5-8,15-16,18,20H,2-4,9-12H2,1H3. The Kier molecular flexibility index (Phi) is 5.95. The van der Waals surface area contributed by atoms with E-state index in [2.05, 4.69) is 10.2 Å². The van der Waals surface area contributed by atoms with Crippen LogP contribution in [0.1, 0.15) is 37.3 Å². The maximum absolute atomic E-state index is 13.0. The van der Waals surface area contributed by atoms with Gasteiger partial charge in [-0.25, -0.2) is 4.39 Å². The number of halogens is 1. The molecule has 1 aromatic rings. The number of benzene rings is 1. The zero-order valence-corrected chi connectivity index (χ0v) is 12.2. The Balaban J connectivity index is 1.89. The van der Waals surface area contributed by atoms with E-state index in [-0.39, 0.29) is 18.5 Å². The molecular weight excluding hydrogens is 255 g/mol. The molecule has 2 N–H and O–H groups in total. The minimum absolute atomic E-state index is 0.194. The fourth-order valence-corrected chi connectivity index (χ4v) is 2.82. The third kappa shape index (κ3) is 4.01. The third-order valence-corrected chi connectivity index (χ3v) is 4.30. The third-order valence-electron chi connectivity index (χ3n) is 4.30. The summed E-state index contributed by atoms with van der Waals surface area (Å²) in [5.74, 6) is -0.194. The van der Waals surface area contributed by atoms with Gasteiger partial charge in [0.25, 0.3) is 0 Å². The lowest BCUT2D eigenvalue weighted by Gasteiger charge is -2.38. The monoisotopic (exact) mass is 280 g/mol. The lowest BCUT2D eigenvalue weighted by Crippen LogP contribution is -2.43. The van der Waals surface area contributed by atoms with E-state index >= 15 is 0 Å². The van der Waals surface area contributed by atoms with Crippen LogP contribution in [0.3, 0.4) is 0 Å². The number of nitrogens with one attached hydrogen (secondary N) is 1. The molecule has 0 aliphatic heterocycles. The molecule has 1 saturated carbocycles. The molecule has 0 spiro atoms. The molecule has 1 aliphatic carbocycles. The summed E-state index contributed by atoms with van der Waals surface area (Å²) in [6.07, 6.45) is 4.78. The predicted molar refractivity (Wildman–Crippen MR) is 79.1 cm³/mol. The van der Waals surface area contributed by atoms with Gasteiger partial charge < -0.3 is 10.4 Å². The maximum atomic E-state index is 13.0. The highest BCUT2D eigenvalue weighted by molar-refractivity contribution is 5.19. The van der Waals surface area contributed by atoms with Gasteiger partial charge in [-0.2, -0.15) is 0 Å². The van der Waals surface area contributed by atoms with E-state index < -0.39 is 0 Å². The van der Waals surface area contributed by atoms with Gasteiger partial charge >= 0.3 is 0 Å². The molecule has 20 heavy (non-hydrogen) atoms. The second-order valence-electron chi connectivity index (χ2n) is 5.53. The number of hydrogen-bond acceptors (Lipinski definition) is 3. The van der Waals surface area contributed by atoms with Crippen molar-refractivity contribution in [3.05, 3.63) is 35.6 Å². The van der Waals surface area contributed by atoms with E-state index in [0.29, 0.717) is 6.04 Å². The molecule has 1 unspecified atom stereocenters. The zero-order valence-electron chi connectivity index (χ0n) is 12.2. The summed E-state index contributed by atoms with van der Waals surface area (Å²) >= 11 is 0. The van der Waals surface area contributed by atoms with Crippen LogP contribution >= 0.6 is 0 Å². The molecular formula is C16H25FN2O. The van der Waals surface area contributed by atoms with Crippen LogP contribution in [0.25, 0.3) is 0 Å². The molecule has 1 aromatic carbocycles. The number of rotatable bonds is 8. The summed E-state index contributed by atoms with van der Waals surface area (Å²) in [6, 6.07) is 7.59. The first-order valence-corrected chi connectivity index (χ1v) is 7.52. The van der Waals surface area contributed by atoms with Crippen molar-refractivity contribution in [3.63, 3.8) is 0 Å². The quantitative estimate of drug-likeness (QED) is 0.767. The van der Waals surface area contributed by atoms with Gasteiger partial charge in [0.15, 0.2) is 0 Å². The second kappa shape index (κ2) is 7.72. The highest BCUT2D eigenvalue weighted by atomic mass is 19.1. The maximum Gasteiger partial charge on any atom is 0.123 e. The number of nitrogens with zero attached hydrogens (tertiary/aromatic N) is 1. The Morgan fingerprint density at radius 1 is 1.30 bits per heavy atom. The zero-order chi connectivity index (χ0) is 14.4. The van der Waals surface area contributed by atoms with Crippen molar-refractivity contribution in [3.8, 4) is 0 Å². The number of aliphatic hydroxyl groups excluding tert-OH is 1. The Labute approximate surface area is 120 Å². The molecule has 1 fully saturated rings. The average molecular weight is 280 g/mol. The van der Waals surface area contributed by atoms with Crippen LogP contribution in [0, 0.1) is 5.82 Å². The minimum atomic E-state index is -0.194. The fourth-order valence-electron chi connectivity index (χ4n) is 2.82. The molecule has 2 rings (SSSR count). The van der Waals surface area contributed by atoms with Crippen LogP contribution in [0.15, 0.2) is 24.3 Å². The van der Waals surface area contributed by atoms with Crippen LogP contribution in [0.5, 0.6) is 0 Å². The fraction of sp³-hybridized carbons (Fsp3) is 0.625. The first-order chi connectivity index (χ1) is 9.74. The summed E-state index contributed by atoms with van der Waals surface area (Å²) in [4.78, 5) is 2.39. The van der Waals surface area contributed by atoms with Crippen molar-refractivity contribution in [1.29, 1.82) is 0 Å². The highest BCUT2D eigenvalue weighted by Crippen LogP contribution is 2.26. The summed E-state index contributed by atoms with van der Waals surface area (Å²) < 4.78 is 13.0. The lowest BCUT2D eigenvalue weighted by molar-refractivity contribution is 0.0972. The topological polar surface area (TPSA) is 35.5 Å². The van der Waals surface area contributed by atoms with Gasteiger partial charge in [-0.15, -0.1) is 0 Å². The van der Waals surface area contributed by atoms with E-state index in [9.17, 15) is 9.50 Å². The molecule has 3 nitrogen and oxygen atoms in total. The highest BCUT2D eigenvalue weighted by Gasteiger charge is 2.24. The van der Waals surface area contributed by atoms with Crippen LogP contribution in [-0.2, 0) is 0 Å². The molecule has 4 heteroatoms. The first kappa shape index (κ1) is 15.4. The van der Waals surface area contributed by atoms with Crippen LogP contribution in [0.4, 0.5) is 4.39 Å². The van der Waals surface area contributed by atoms with Gasteiger partial charge in [-0.1, -0.05) is 18.6 Å². The molecule has 112 valence electrons. The van der Waals surface area contributed by atoms with Gasteiger partial charge in [0.2, 0.25) is 0 Å². The first-order valence-electron chi connectivity index (χ1n) is 7.52. The van der Waals surface area contributed by atoms with Crippen molar-refractivity contribution >= 4 is 0 Å². The summed E-state index contributed by atoms with van der Waals surface area (Å²) in [7, 11) is 1.94. The largest absolute Gasteiger partial charge is 0.395 e. The van der Waals surface area contributed by atoms with Gasteiger partial charge in [0, 0.05) is 25.2 Å². The summed E-state index contributed by atoms with van der Waals surface area (Å²) in [5.41, 5.74) is 1.12. The Bertz CT molecular complexity index is 392. The number of aliphatic hydroxyl groups is 1. The second-order valence-corrected chi connectivity index (χ2v) is 5.53. The van der Waals surface area contributed by atoms with Crippen molar-refractivity contribution in [2.75, 3.05) is 26.7 Å². The van der Waals surface area contributed by atoms with Crippen molar-refractivity contribution < 1.29 is 9.50 Å². The van der Waals surface area contributed by atoms with Crippen LogP contribution in [-0.4, -0.2) is 42.8 Å². The Morgan fingerprint density at radius 2 is 2.00 bits per heavy atom. The predicted octanol–water partition coefficient (Wildman–Crippen LogP) is 2.32. The molecule has 1 aliphatic rings. The Hall–Kier alpha value is -0.970. The van der Waals surface area contributed by atoms with Crippen LogP contribution < -0.4 is 5.32 Å². The van der Waals surface area contributed by atoms with Gasteiger partial charge in [0.05, 0.1) is 6.61 Å². The molecule has 0 amide bonds. The van der Waals surface area contributed by atoms with Crippen molar-refractivity contribution in [1.82, 2.24) is 10.2 Å². The minimum Gasteiger partial charge on any atom is -0.395 e. The summed E-state index contributed by atoms with van der Waals surface area (Å²) in [5, 5.41) is 12.5. The SMILES string of the molecule is CNC(CCN(CCO)C1CCC1)c1ccc(F)cc1. The van der Waals surface area contributed by atoms with E-state index in [0.717, 1.165) is 25.1 Å². The molecule has 0 heterocycles. The Morgan fingerprint density at radius 3 is 2.50 bits per heavy atom. The molecule has 0 bridgehead atoms. The lowest BCUT2D eigenvalue weighted by atomic mass is 9.91. The van der Waals surface area contributed by atoms with E-state index in [4.69, 9.17) is 0 Å². The van der Waals surface area contributed by atoms with Crippen molar-refractivity contribution in [2.24, 2.45) is 0 Å². The molecule has 1 atom stereocenters. The van der Waals surface area contributed by atoms with Gasteiger partial charge in [-0.3, -0.25) is 4.90 Å². The molecule has 0 radical (unpaired) electrons.